The van der Waals surface area contributed by atoms with Crippen LogP contribution in [0.15, 0.2) is 18.2 Å². The lowest BCUT2D eigenvalue weighted by molar-refractivity contribution is 0.283. The molecule has 1 aromatic carbocycles. The molecule has 0 atom stereocenters. The number of hydrogen-bond donors (Lipinski definition) is 1. The van der Waals surface area contributed by atoms with E-state index in [0.717, 1.165) is 36.7 Å². The van der Waals surface area contributed by atoms with Crippen molar-refractivity contribution in [3.63, 3.8) is 0 Å². The second-order valence-corrected chi connectivity index (χ2v) is 5.59. The Hall–Kier alpha value is -1.26. The molecule has 1 aromatic rings. The molecule has 4 nitrogen and oxygen atoms in total. The van der Waals surface area contributed by atoms with E-state index in [9.17, 15) is 0 Å². The lowest BCUT2D eigenvalue weighted by Gasteiger charge is -2.20. The van der Waals surface area contributed by atoms with Gasteiger partial charge >= 0.3 is 0 Å². The summed E-state index contributed by atoms with van der Waals surface area (Å²) in [6.45, 7) is 5.47. The van der Waals surface area contributed by atoms with Crippen LogP contribution in [0.2, 0.25) is 0 Å². The third-order valence-corrected chi connectivity index (χ3v) is 4.10. The van der Waals surface area contributed by atoms with E-state index in [1.165, 1.54) is 38.8 Å². The highest BCUT2D eigenvalue weighted by Crippen LogP contribution is 2.30. The molecule has 0 bridgehead atoms. The number of rotatable bonds is 7. The average Bonchev–Trinajstić information content (AvgIpc) is 2.79. The van der Waals surface area contributed by atoms with E-state index in [1.807, 2.05) is 12.1 Å². The standard InChI is InChI=1S/C17H28N2O2/c1-20-16-9-7-8-15(17(16)21-2)14-18-10-13-19-11-5-3-4-6-12-19/h7-9,18H,3-6,10-14H2,1-2H3. The number of benzene rings is 1. The van der Waals surface area contributed by atoms with Crippen LogP contribution in [-0.2, 0) is 6.54 Å². The zero-order valence-corrected chi connectivity index (χ0v) is 13.4. The third kappa shape index (κ3) is 4.90. The molecule has 118 valence electrons. The third-order valence-electron chi connectivity index (χ3n) is 4.10. The fourth-order valence-electron chi connectivity index (χ4n) is 2.91. The maximum Gasteiger partial charge on any atom is 0.165 e. The molecule has 1 saturated heterocycles. The number of likely N-dealkylation sites (tertiary alicyclic amines) is 1. The van der Waals surface area contributed by atoms with Crippen molar-refractivity contribution in [2.45, 2.75) is 32.2 Å². The Bertz CT molecular complexity index is 415. The smallest absolute Gasteiger partial charge is 0.165 e. The molecule has 1 heterocycles. The van der Waals surface area contributed by atoms with E-state index in [2.05, 4.69) is 16.3 Å². The van der Waals surface area contributed by atoms with Gasteiger partial charge in [0.1, 0.15) is 0 Å². The topological polar surface area (TPSA) is 33.7 Å². The van der Waals surface area contributed by atoms with Crippen LogP contribution >= 0.6 is 0 Å². The van der Waals surface area contributed by atoms with Gasteiger partial charge in [-0.3, -0.25) is 0 Å². The Kier molecular flexibility index (Phi) is 6.83. The summed E-state index contributed by atoms with van der Waals surface area (Å²) >= 11 is 0. The highest BCUT2D eigenvalue weighted by atomic mass is 16.5. The SMILES string of the molecule is COc1cccc(CNCCN2CCCCCC2)c1OC. The van der Waals surface area contributed by atoms with E-state index in [-0.39, 0.29) is 0 Å². The van der Waals surface area contributed by atoms with Crippen LogP contribution < -0.4 is 14.8 Å². The number of ether oxygens (including phenoxy) is 2. The van der Waals surface area contributed by atoms with Gasteiger partial charge in [-0.25, -0.2) is 0 Å². The minimum absolute atomic E-state index is 0.796. The number of hydrogen-bond acceptors (Lipinski definition) is 4. The van der Waals surface area contributed by atoms with Gasteiger partial charge in [-0.05, 0) is 32.0 Å². The molecule has 0 amide bonds. The van der Waals surface area contributed by atoms with Crippen LogP contribution in [-0.4, -0.2) is 45.3 Å². The normalized spacial score (nSPS) is 16.5. The van der Waals surface area contributed by atoms with Crippen molar-refractivity contribution in [3.8, 4) is 11.5 Å². The van der Waals surface area contributed by atoms with Gasteiger partial charge in [-0.2, -0.15) is 0 Å². The van der Waals surface area contributed by atoms with Crippen LogP contribution in [0.4, 0.5) is 0 Å². The minimum atomic E-state index is 0.796. The summed E-state index contributed by atoms with van der Waals surface area (Å²) in [6.07, 6.45) is 5.49. The Morgan fingerprint density at radius 2 is 1.81 bits per heavy atom. The van der Waals surface area contributed by atoms with Crippen LogP contribution in [0, 0.1) is 0 Å². The molecule has 1 N–H and O–H groups in total. The molecular formula is C17H28N2O2. The first kappa shape index (κ1) is 16.1. The zero-order chi connectivity index (χ0) is 14.9. The molecule has 0 radical (unpaired) electrons. The van der Waals surface area contributed by atoms with Gasteiger partial charge in [0.2, 0.25) is 0 Å². The van der Waals surface area contributed by atoms with Gasteiger partial charge in [0, 0.05) is 25.2 Å². The molecular weight excluding hydrogens is 264 g/mol. The molecule has 0 unspecified atom stereocenters. The predicted octanol–water partition coefficient (Wildman–Crippen LogP) is 2.67. The van der Waals surface area contributed by atoms with Crippen molar-refractivity contribution in [1.82, 2.24) is 10.2 Å². The molecule has 1 aliphatic heterocycles. The van der Waals surface area contributed by atoms with E-state index < -0.39 is 0 Å². The van der Waals surface area contributed by atoms with Gasteiger partial charge in [0.15, 0.2) is 11.5 Å². The summed E-state index contributed by atoms with van der Waals surface area (Å²) in [5, 5.41) is 3.52. The highest BCUT2D eigenvalue weighted by Gasteiger charge is 2.10. The van der Waals surface area contributed by atoms with Crippen molar-refractivity contribution in [2.75, 3.05) is 40.4 Å². The quantitative estimate of drug-likeness (QED) is 0.783. The first-order valence-corrected chi connectivity index (χ1v) is 7.98. The van der Waals surface area contributed by atoms with Crippen LogP contribution in [0.5, 0.6) is 11.5 Å². The lowest BCUT2D eigenvalue weighted by atomic mass is 10.2. The summed E-state index contributed by atoms with van der Waals surface area (Å²) in [5.41, 5.74) is 1.15. The number of para-hydroxylation sites is 1. The summed E-state index contributed by atoms with van der Waals surface area (Å²) in [6, 6.07) is 6.02. The van der Waals surface area contributed by atoms with Crippen molar-refractivity contribution < 1.29 is 9.47 Å². The number of methoxy groups -OCH3 is 2. The molecule has 0 spiro atoms. The van der Waals surface area contributed by atoms with Crippen LogP contribution in [0.1, 0.15) is 31.2 Å². The van der Waals surface area contributed by atoms with Crippen molar-refractivity contribution in [3.05, 3.63) is 23.8 Å². The molecule has 0 aliphatic carbocycles. The average molecular weight is 292 g/mol. The molecule has 1 fully saturated rings. The fraction of sp³-hybridized carbons (Fsp3) is 0.647. The molecule has 0 saturated carbocycles. The molecule has 2 rings (SSSR count). The second-order valence-electron chi connectivity index (χ2n) is 5.59. The molecule has 0 aromatic heterocycles. The van der Waals surface area contributed by atoms with Crippen molar-refractivity contribution >= 4 is 0 Å². The lowest BCUT2D eigenvalue weighted by Crippen LogP contribution is -2.32. The van der Waals surface area contributed by atoms with Crippen molar-refractivity contribution in [1.29, 1.82) is 0 Å². The van der Waals surface area contributed by atoms with E-state index in [1.54, 1.807) is 14.2 Å². The summed E-state index contributed by atoms with van der Waals surface area (Å²) < 4.78 is 10.8. The van der Waals surface area contributed by atoms with Gasteiger partial charge in [0.25, 0.3) is 0 Å². The van der Waals surface area contributed by atoms with E-state index >= 15 is 0 Å². The Balaban J connectivity index is 1.77. The van der Waals surface area contributed by atoms with Gasteiger partial charge < -0.3 is 19.7 Å². The number of nitrogens with zero attached hydrogens (tertiary/aromatic N) is 1. The van der Waals surface area contributed by atoms with E-state index in [4.69, 9.17) is 9.47 Å². The summed E-state index contributed by atoms with van der Waals surface area (Å²) in [7, 11) is 3.37. The summed E-state index contributed by atoms with van der Waals surface area (Å²) in [5.74, 6) is 1.63. The van der Waals surface area contributed by atoms with Crippen molar-refractivity contribution in [2.24, 2.45) is 0 Å². The monoisotopic (exact) mass is 292 g/mol. The van der Waals surface area contributed by atoms with Gasteiger partial charge in [-0.15, -0.1) is 0 Å². The molecule has 21 heavy (non-hydrogen) atoms. The van der Waals surface area contributed by atoms with Crippen LogP contribution in [0.3, 0.4) is 0 Å². The zero-order valence-electron chi connectivity index (χ0n) is 13.4. The highest BCUT2D eigenvalue weighted by molar-refractivity contribution is 5.46. The molecule has 4 heteroatoms. The first-order chi connectivity index (χ1) is 10.3. The minimum Gasteiger partial charge on any atom is -0.493 e. The number of nitrogens with one attached hydrogen (secondary N) is 1. The second kappa shape index (κ2) is 8.90. The first-order valence-electron chi connectivity index (χ1n) is 7.98. The van der Waals surface area contributed by atoms with E-state index in [0.29, 0.717) is 0 Å². The Morgan fingerprint density at radius 3 is 2.48 bits per heavy atom. The van der Waals surface area contributed by atoms with Gasteiger partial charge in [-0.1, -0.05) is 25.0 Å². The molecule has 1 aliphatic rings. The Morgan fingerprint density at radius 1 is 1.05 bits per heavy atom. The fourth-order valence-corrected chi connectivity index (χ4v) is 2.91. The predicted molar refractivity (Wildman–Crippen MR) is 86.2 cm³/mol. The maximum atomic E-state index is 5.46. The van der Waals surface area contributed by atoms with Gasteiger partial charge in [0.05, 0.1) is 14.2 Å². The Labute approximate surface area is 128 Å². The largest absolute Gasteiger partial charge is 0.493 e. The maximum absolute atomic E-state index is 5.46. The van der Waals surface area contributed by atoms with Crippen LogP contribution in [0.25, 0.3) is 0 Å². The summed E-state index contributed by atoms with van der Waals surface area (Å²) in [4.78, 5) is 2.57.